The molecule has 0 unspecified atom stereocenters. The third-order valence-corrected chi connectivity index (χ3v) is 4.06. The number of rotatable bonds is 1. The SMILES string of the molecule is C/C=C1\C[C@](C)(CC)C(C#N)(C#N)C(N)=C1C#N. The highest BCUT2D eigenvalue weighted by Gasteiger charge is 2.54. The normalized spacial score (nSPS) is 28.3. The number of hydrogen-bond donors (Lipinski definition) is 1. The van der Waals surface area contributed by atoms with Gasteiger partial charge in [-0.1, -0.05) is 19.9 Å². The number of nitriles is 3. The van der Waals surface area contributed by atoms with Crippen molar-refractivity contribution >= 4 is 0 Å². The third-order valence-electron chi connectivity index (χ3n) is 4.06. The van der Waals surface area contributed by atoms with Gasteiger partial charge in [0.25, 0.3) is 0 Å². The van der Waals surface area contributed by atoms with E-state index in [1.165, 1.54) is 0 Å². The Labute approximate surface area is 108 Å². The first kappa shape index (κ1) is 13.8. The molecule has 0 amide bonds. The van der Waals surface area contributed by atoms with E-state index in [9.17, 15) is 15.8 Å². The Kier molecular flexibility index (Phi) is 3.49. The van der Waals surface area contributed by atoms with E-state index >= 15 is 0 Å². The van der Waals surface area contributed by atoms with E-state index in [0.29, 0.717) is 12.8 Å². The fourth-order valence-electron chi connectivity index (χ4n) is 2.51. The van der Waals surface area contributed by atoms with Crippen LogP contribution < -0.4 is 5.73 Å². The molecule has 18 heavy (non-hydrogen) atoms. The summed E-state index contributed by atoms with van der Waals surface area (Å²) in [4.78, 5) is 0. The summed E-state index contributed by atoms with van der Waals surface area (Å²) in [5.41, 5.74) is 5.19. The van der Waals surface area contributed by atoms with Crippen LogP contribution in [0.15, 0.2) is 22.9 Å². The third kappa shape index (κ3) is 1.49. The molecule has 0 aromatic rings. The van der Waals surface area contributed by atoms with Crippen molar-refractivity contribution in [3.05, 3.63) is 22.9 Å². The summed E-state index contributed by atoms with van der Waals surface area (Å²) < 4.78 is 0. The minimum absolute atomic E-state index is 0.0960. The van der Waals surface area contributed by atoms with E-state index in [-0.39, 0.29) is 11.3 Å². The fraction of sp³-hybridized carbons (Fsp3) is 0.500. The van der Waals surface area contributed by atoms with Gasteiger partial charge in [-0.25, -0.2) is 0 Å². The van der Waals surface area contributed by atoms with Gasteiger partial charge >= 0.3 is 0 Å². The Morgan fingerprint density at radius 2 is 1.89 bits per heavy atom. The predicted octanol–water partition coefficient (Wildman–Crippen LogP) is 2.52. The lowest BCUT2D eigenvalue weighted by atomic mass is 9.56. The van der Waals surface area contributed by atoms with Crippen molar-refractivity contribution in [2.45, 2.75) is 33.6 Å². The zero-order valence-corrected chi connectivity index (χ0v) is 10.9. The summed E-state index contributed by atoms with van der Waals surface area (Å²) in [6.07, 6.45) is 2.99. The summed E-state index contributed by atoms with van der Waals surface area (Å²) in [5, 5.41) is 28.1. The highest BCUT2D eigenvalue weighted by atomic mass is 14.7. The van der Waals surface area contributed by atoms with E-state index in [1.807, 2.05) is 45.1 Å². The summed E-state index contributed by atoms with van der Waals surface area (Å²) in [7, 11) is 0. The number of nitrogens with zero attached hydrogens (tertiary/aromatic N) is 3. The van der Waals surface area contributed by atoms with Crippen molar-refractivity contribution in [3.63, 3.8) is 0 Å². The smallest absolute Gasteiger partial charge is 0.189 e. The molecule has 1 rings (SSSR count). The molecule has 0 spiro atoms. The Hall–Kier alpha value is -2.25. The van der Waals surface area contributed by atoms with Crippen LogP contribution in [0.25, 0.3) is 0 Å². The van der Waals surface area contributed by atoms with Crippen molar-refractivity contribution in [1.29, 1.82) is 15.8 Å². The van der Waals surface area contributed by atoms with E-state index in [2.05, 4.69) is 0 Å². The Morgan fingerprint density at radius 3 is 2.22 bits per heavy atom. The van der Waals surface area contributed by atoms with Gasteiger partial charge in [0.15, 0.2) is 5.41 Å². The molecule has 1 atom stereocenters. The highest BCUT2D eigenvalue weighted by molar-refractivity contribution is 5.55. The maximum atomic E-state index is 9.44. The van der Waals surface area contributed by atoms with Gasteiger partial charge in [0, 0.05) is 5.41 Å². The van der Waals surface area contributed by atoms with E-state index in [0.717, 1.165) is 5.57 Å². The maximum Gasteiger partial charge on any atom is 0.189 e. The average Bonchev–Trinajstić information content (AvgIpc) is 2.39. The van der Waals surface area contributed by atoms with E-state index < -0.39 is 10.8 Å². The Bertz CT molecular complexity index is 534. The van der Waals surface area contributed by atoms with Gasteiger partial charge in [-0.15, -0.1) is 0 Å². The lowest BCUT2D eigenvalue weighted by Crippen LogP contribution is -2.45. The van der Waals surface area contributed by atoms with E-state index in [1.54, 1.807) is 0 Å². The second-order valence-corrected chi connectivity index (χ2v) is 4.78. The molecule has 0 bridgehead atoms. The van der Waals surface area contributed by atoms with Crippen LogP contribution in [0.5, 0.6) is 0 Å². The zero-order chi connectivity index (χ0) is 14.0. The first-order chi connectivity index (χ1) is 8.46. The first-order valence-corrected chi connectivity index (χ1v) is 5.84. The van der Waals surface area contributed by atoms with Gasteiger partial charge in [-0.3, -0.25) is 0 Å². The summed E-state index contributed by atoms with van der Waals surface area (Å²) in [5.74, 6) is 0. The van der Waals surface area contributed by atoms with E-state index in [4.69, 9.17) is 5.73 Å². The van der Waals surface area contributed by atoms with Crippen LogP contribution in [0, 0.1) is 44.8 Å². The average molecular weight is 240 g/mol. The number of allylic oxidation sites excluding steroid dienone is 4. The molecule has 0 fully saturated rings. The van der Waals surface area contributed by atoms with Crippen molar-refractivity contribution in [1.82, 2.24) is 0 Å². The largest absolute Gasteiger partial charge is 0.399 e. The summed E-state index contributed by atoms with van der Waals surface area (Å²) in [6, 6.07) is 6.11. The molecule has 0 aromatic carbocycles. The fourth-order valence-corrected chi connectivity index (χ4v) is 2.51. The lowest BCUT2D eigenvalue weighted by Gasteiger charge is -2.43. The summed E-state index contributed by atoms with van der Waals surface area (Å²) >= 11 is 0. The zero-order valence-electron chi connectivity index (χ0n) is 10.9. The monoisotopic (exact) mass is 240 g/mol. The van der Waals surface area contributed by atoms with Crippen LogP contribution >= 0.6 is 0 Å². The molecule has 0 aromatic heterocycles. The molecule has 0 radical (unpaired) electrons. The maximum absolute atomic E-state index is 9.44. The molecular weight excluding hydrogens is 224 g/mol. The van der Waals surface area contributed by atoms with Crippen molar-refractivity contribution in [3.8, 4) is 18.2 Å². The van der Waals surface area contributed by atoms with Crippen molar-refractivity contribution in [2.75, 3.05) is 0 Å². The lowest BCUT2D eigenvalue weighted by molar-refractivity contribution is 0.180. The van der Waals surface area contributed by atoms with Crippen LogP contribution in [0.4, 0.5) is 0 Å². The molecule has 4 heteroatoms. The molecule has 0 heterocycles. The molecule has 4 nitrogen and oxygen atoms in total. The summed E-state index contributed by atoms with van der Waals surface area (Å²) in [6.45, 7) is 5.65. The van der Waals surface area contributed by atoms with Crippen LogP contribution in [0.3, 0.4) is 0 Å². The molecule has 2 N–H and O–H groups in total. The molecule has 0 saturated carbocycles. The standard InChI is InChI=1S/C14H16N4/c1-4-10-6-13(3,5-2)14(8-16,9-17)12(18)11(10)7-15/h4H,5-6,18H2,1-3H3/b10-4+/t13-/m0/s1. The van der Waals surface area contributed by atoms with Crippen molar-refractivity contribution in [2.24, 2.45) is 16.6 Å². The molecule has 92 valence electrons. The highest BCUT2D eigenvalue weighted by Crippen LogP contribution is 2.54. The van der Waals surface area contributed by atoms with Crippen LogP contribution in [-0.4, -0.2) is 0 Å². The van der Waals surface area contributed by atoms with Crippen LogP contribution in [-0.2, 0) is 0 Å². The molecule has 0 aliphatic heterocycles. The number of nitrogens with two attached hydrogens (primary N) is 1. The second-order valence-electron chi connectivity index (χ2n) is 4.78. The van der Waals surface area contributed by atoms with Crippen molar-refractivity contribution < 1.29 is 0 Å². The minimum Gasteiger partial charge on any atom is -0.399 e. The molecule has 1 aliphatic rings. The number of hydrogen-bond acceptors (Lipinski definition) is 4. The van der Waals surface area contributed by atoms with Gasteiger partial charge in [0.05, 0.1) is 23.4 Å². The van der Waals surface area contributed by atoms with Gasteiger partial charge in [0.2, 0.25) is 0 Å². The Morgan fingerprint density at radius 1 is 1.33 bits per heavy atom. The first-order valence-electron chi connectivity index (χ1n) is 5.84. The van der Waals surface area contributed by atoms with Gasteiger partial charge < -0.3 is 5.73 Å². The van der Waals surface area contributed by atoms with Crippen LogP contribution in [0.2, 0.25) is 0 Å². The molecule has 0 saturated heterocycles. The topological polar surface area (TPSA) is 97.4 Å². The van der Waals surface area contributed by atoms with Crippen LogP contribution in [0.1, 0.15) is 33.6 Å². The van der Waals surface area contributed by atoms with Gasteiger partial charge in [0.1, 0.15) is 6.07 Å². The Balaban J connectivity index is 3.73. The quantitative estimate of drug-likeness (QED) is 0.761. The second kappa shape index (κ2) is 4.55. The van der Waals surface area contributed by atoms with Gasteiger partial charge in [-0.05, 0) is 25.3 Å². The molecule has 1 aliphatic carbocycles. The van der Waals surface area contributed by atoms with Gasteiger partial charge in [-0.2, -0.15) is 15.8 Å². The molecular formula is C14H16N4. The minimum atomic E-state index is -1.42. The predicted molar refractivity (Wildman–Crippen MR) is 67.3 cm³/mol.